The molecule has 2 heterocycles. The summed E-state index contributed by atoms with van der Waals surface area (Å²) in [5.74, 6) is -4.47. The number of carbonyl (C=O) groups excluding carboxylic acids is 3. The number of aromatic nitrogens is 1. The topological polar surface area (TPSA) is 228 Å². The van der Waals surface area contributed by atoms with Gasteiger partial charge < -0.3 is 25.7 Å². The van der Waals surface area contributed by atoms with Crippen LogP contribution in [0.4, 0.5) is 5.13 Å². The Labute approximate surface area is 178 Å². The third kappa shape index (κ3) is 5.64. The van der Waals surface area contributed by atoms with Crippen LogP contribution in [0.1, 0.15) is 19.5 Å². The molecule has 0 aliphatic carbocycles. The largest absolute Gasteiger partial charge is 0.478 e. The Balaban J connectivity index is 2.28. The number of nitrogen functional groups attached to an aromatic ring is 1. The maximum atomic E-state index is 12.7. The monoisotopic (exact) mass is 479 g/mol. The van der Waals surface area contributed by atoms with E-state index < -0.39 is 64.6 Å². The first kappa shape index (κ1) is 24.0. The highest BCUT2D eigenvalue weighted by atomic mass is 32.2. The first-order chi connectivity index (χ1) is 14.3. The molecule has 1 saturated heterocycles. The highest BCUT2D eigenvalue weighted by Crippen LogP contribution is 2.24. The second kappa shape index (κ2) is 9.23. The van der Waals surface area contributed by atoms with Gasteiger partial charge in [0.2, 0.25) is 6.10 Å². The van der Waals surface area contributed by atoms with Gasteiger partial charge in [0.25, 0.3) is 11.8 Å². The number of thiazole rings is 1. The lowest BCUT2D eigenvalue weighted by Gasteiger charge is -2.43. The number of oxime groups is 1. The van der Waals surface area contributed by atoms with Gasteiger partial charge in [-0.1, -0.05) is 5.16 Å². The number of carboxylic acids is 1. The molecule has 15 nitrogen and oxygen atoms in total. The molecule has 3 atom stereocenters. The predicted octanol–water partition coefficient (Wildman–Crippen LogP) is -2.02. The number of rotatable bonds is 9. The molecule has 1 aliphatic rings. The number of hydrogen-bond donors (Lipinski definition) is 4. The zero-order chi connectivity index (χ0) is 23.5. The Bertz CT molecular complexity index is 1040. The van der Waals surface area contributed by atoms with Crippen LogP contribution in [0.2, 0.25) is 0 Å². The SMILES string of the molecule is CC(=O)OC[C@@H]1[C@H](NC(=O)C(=NOC(C)C(=O)O)c2csc(N)n2)C(=O)N1S(=O)(=O)O. The fourth-order valence-corrected chi connectivity index (χ4v) is 3.73. The van der Waals surface area contributed by atoms with Crippen LogP contribution in [-0.2, 0) is 39.1 Å². The van der Waals surface area contributed by atoms with E-state index in [-0.39, 0.29) is 15.1 Å². The lowest BCUT2D eigenvalue weighted by Crippen LogP contribution is -2.73. The fourth-order valence-electron chi connectivity index (χ4n) is 2.32. The van der Waals surface area contributed by atoms with Crippen LogP contribution >= 0.6 is 11.3 Å². The van der Waals surface area contributed by atoms with Crippen molar-refractivity contribution >= 4 is 56.2 Å². The molecule has 5 N–H and O–H groups in total. The predicted molar refractivity (Wildman–Crippen MR) is 102 cm³/mol. The van der Waals surface area contributed by atoms with E-state index in [2.05, 4.69) is 20.2 Å². The van der Waals surface area contributed by atoms with Crippen molar-refractivity contribution in [3.05, 3.63) is 11.1 Å². The number of nitrogens with two attached hydrogens (primary N) is 1. The molecule has 1 unspecified atom stereocenters. The molecule has 1 aromatic heterocycles. The van der Waals surface area contributed by atoms with Crippen molar-refractivity contribution in [1.29, 1.82) is 0 Å². The van der Waals surface area contributed by atoms with E-state index in [1.54, 1.807) is 0 Å². The molecule has 1 aromatic rings. The number of esters is 1. The van der Waals surface area contributed by atoms with Crippen molar-refractivity contribution in [2.75, 3.05) is 12.3 Å². The Hall–Kier alpha value is -3.31. The van der Waals surface area contributed by atoms with Gasteiger partial charge in [0.05, 0.1) is 0 Å². The Morgan fingerprint density at radius 2 is 2.10 bits per heavy atom. The first-order valence-corrected chi connectivity index (χ1v) is 10.5. The van der Waals surface area contributed by atoms with Crippen LogP contribution in [0.5, 0.6) is 0 Å². The third-order valence-corrected chi connectivity index (χ3v) is 5.41. The zero-order valence-corrected chi connectivity index (χ0v) is 17.5. The number of ether oxygens (including phenoxy) is 1. The average Bonchev–Trinajstić information content (AvgIpc) is 3.07. The van der Waals surface area contributed by atoms with Crippen molar-refractivity contribution in [1.82, 2.24) is 14.6 Å². The van der Waals surface area contributed by atoms with Crippen LogP contribution < -0.4 is 11.1 Å². The van der Waals surface area contributed by atoms with Crippen molar-refractivity contribution < 1.29 is 46.8 Å². The molecule has 170 valence electrons. The standard InChI is InChI=1S/C14H17N5O10S2/c1-5(13(23)24)29-18-9(7-4-30-14(15)16-7)11(21)17-10-8(3-28-6(2)20)19(12(10)22)31(25,26)27/h4-5,8,10H,3H2,1-2H3,(H2,15,16)(H,17,21)(H,23,24)(H,25,26,27)/t5?,8-,10+/m1/s1. The van der Waals surface area contributed by atoms with E-state index in [0.717, 1.165) is 25.2 Å². The van der Waals surface area contributed by atoms with Gasteiger partial charge in [-0.05, 0) is 6.92 Å². The van der Waals surface area contributed by atoms with Gasteiger partial charge in [-0.3, -0.25) is 18.9 Å². The van der Waals surface area contributed by atoms with E-state index in [1.807, 2.05) is 0 Å². The van der Waals surface area contributed by atoms with Gasteiger partial charge in [0, 0.05) is 12.3 Å². The minimum atomic E-state index is -4.99. The van der Waals surface area contributed by atoms with Crippen LogP contribution in [0.15, 0.2) is 10.5 Å². The van der Waals surface area contributed by atoms with Crippen LogP contribution in [0.3, 0.4) is 0 Å². The molecule has 0 radical (unpaired) electrons. The highest BCUT2D eigenvalue weighted by molar-refractivity contribution is 7.84. The summed E-state index contributed by atoms with van der Waals surface area (Å²) in [6.45, 7) is 1.53. The van der Waals surface area contributed by atoms with Crippen molar-refractivity contribution in [3.63, 3.8) is 0 Å². The Morgan fingerprint density at radius 1 is 1.45 bits per heavy atom. The van der Waals surface area contributed by atoms with Crippen molar-refractivity contribution in [3.8, 4) is 0 Å². The molecule has 0 bridgehead atoms. The molecule has 0 spiro atoms. The molecule has 2 rings (SSSR count). The van der Waals surface area contributed by atoms with Crippen LogP contribution in [0.25, 0.3) is 0 Å². The van der Waals surface area contributed by atoms with Gasteiger partial charge in [-0.2, -0.15) is 8.42 Å². The van der Waals surface area contributed by atoms with Crippen molar-refractivity contribution in [2.45, 2.75) is 32.0 Å². The minimum absolute atomic E-state index is 0.0432. The molecule has 31 heavy (non-hydrogen) atoms. The van der Waals surface area contributed by atoms with Crippen LogP contribution in [-0.4, -0.2) is 81.6 Å². The van der Waals surface area contributed by atoms with Crippen molar-refractivity contribution in [2.24, 2.45) is 5.16 Å². The fraction of sp³-hybridized carbons (Fsp3) is 0.429. The summed E-state index contributed by atoms with van der Waals surface area (Å²) >= 11 is 0.934. The molecule has 1 aliphatic heterocycles. The highest BCUT2D eigenvalue weighted by Gasteiger charge is 2.54. The Kier molecular flexibility index (Phi) is 7.13. The number of β-lactam (4-membered cyclic amide) rings is 1. The minimum Gasteiger partial charge on any atom is -0.478 e. The smallest absolute Gasteiger partial charge is 0.362 e. The van der Waals surface area contributed by atoms with Gasteiger partial charge >= 0.3 is 22.2 Å². The molecule has 2 amide bonds. The number of carboxylic acid groups (broad SMARTS) is 1. The summed E-state index contributed by atoms with van der Waals surface area (Å²) in [5.41, 5.74) is 4.86. The van der Waals surface area contributed by atoms with E-state index in [4.69, 9.17) is 15.7 Å². The summed E-state index contributed by atoms with van der Waals surface area (Å²) in [7, 11) is -4.99. The lowest BCUT2D eigenvalue weighted by atomic mass is 9.99. The number of amides is 2. The third-order valence-electron chi connectivity index (χ3n) is 3.79. The second-order valence-electron chi connectivity index (χ2n) is 6.03. The average molecular weight is 479 g/mol. The molecule has 0 aromatic carbocycles. The number of aliphatic carboxylic acids is 1. The second-order valence-corrected chi connectivity index (χ2v) is 8.21. The first-order valence-electron chi connectivity index (χ1n) is 8.25. The molecule has 1 fully saturated rings. The maximum Gasteiger partial charge on any atom is 0.362 e. The number of carbonyl (C=O) groups is 4. The van der Waals surface area contributed by atoms with Gasteiger partial charge in [-0.15, -0.1) is 11.3 Å². The quantitative estimate of drug-likeness (QED) is 0.0989. The normalized spacial score (nSPS) is 19.9. The number of hydrogen-bond acceptors (Lipinski definition) is 12. The number of nitrogens with one attached hydrogen (secondary N) is 1. The summed E-state index contributed by atoms with van der Waals surface area (Å²) in [6, 6.07) is -2.96. The number of nitrogens with zero attached hydrogens (tertiary/aromatic N) is 3. The van der Waals surface area contributed by atoms with Gasteiger partial charge in [0.15, 0.2) is 10.8 Å². The van der Waals surface area contributed by atoms with E-state index in [9.17, 15) is 32.1 Å². The summed E-state index contributed by atoms with van der Waals surface area (Å²) in [4.78, 5) is 55.4. The molecular formula is C14H17N5O10S2. The summed E-state index contributed by atoms with van der Waals surface area (Å²) < 4.78 is 36.7. The van der Waals surface area contributed by atoms with E-state index in [1.165, 1.54) is 5.38 Å². The maximum absolute atomic E-state index is 12.7. The van der Waals surface area contributed by atoms with Gasteiger partial charge in [0.1, 0.15) is 24.4 Å². The summed E-state index contributed by atoms with van der Waals surface area (Å²) in [6.07, 6.45) is -1.43. The van der Waals surface area contributed by atoms with Crippen LogP contribution in [0, 0.1) is 0 Å². The molecule has 0 saturated carbocycles. The number of anilines is 1. The zero-order valence-electron chi connectivity index (χ0n) is 15.9. The summed E-state index contributed by atoms with van der Waals surface area (Å²) in [5, 5.41) is 15.9. The van der Waals surface area contributed by atoms with E-state index in [0.29, 0.717) is 0 Å². The Morgan fingerprint density at radius 3 is 2.58 bits per heavy atom. The van der Waals surface area contributed by atoms with E-state index >= 15 is 0 Å². The molecule has 17 heteroatoms. The van der Waals surface area contributed by atoms with Gasteiger partial charge in [-0.25, -0.2) is 14.1 Å². The lowest BCUT2D eigenvalue weighted by molar-refractivity contribution is -0.154. The molecular weight excluding hydrogens is 462 g/mol.